The van der Waals surface area contributed by atoms with Gasteiger partial charge in [0, 0.05) is 26.1 Å². The number of likely N-dealkylation sites (N-methyl/N-ethyl adjacent to an activating group) is 1. The van der Waals surface area contributed by atoms with Crippen LogP contribution in [0.1, 0.15) is 31.4 Å². The lowest BCUT2D eigenvalue weighted by Crippen LogP contribution is -2.41. The number of nitrogens with zero attached hydrogens (tertiary/aromatic N) is 1. The molecule has 0 aliphatic heterocycles. The van der Waals surface area contributed by atoms with Crippen molar-refractivity contribution in [3.8, 4) is 0 Å². The fourth-order valence-electron chi connectivity index (χ4n) is 1.95. The number of halogens is 1. The van der Waals surface area contributed by atoms with Crippen molar-refractivity contribution in [1.29, 1.82) is 0 Å². The molecule has 0 fully saturated rings. The molecule has 0 saturated heterocycles. The van der Waals surface area contributed by atoms with E-state index < -0.39 is 0 Å². The summed E-state index contributed by atoms with van der Waals surface area (Å²) in [6.07, 6.45) is 1.02. The highest BCUT2D eigenvalue weighted by Crippen LogP contribution is 2.14. The van der Waals surface area contributed by atoms with Crippen molar-refractivity contribution >= 4 is 24.2 Å². The van der Waals surface area contributed by atoms with Crippen LogP contribution in [0.5, 0.6) is 0 Å². The van der Waals surface area contributed by atoms with Gasteiger partial charge in [-0.05, 0) is 12.0 Å². The number of hydrogen-bond donors (Lipinski definition) is 2. The number of nitrogens with two attached hydrogens (primary N) is 1. The zero-order valence-corrected chi connectivity index (χ0v) is 13.4. The van der Waals surface area contributed by atoms with Gasteiger partial charge in [0.15, 0.2) is 0 Å². The maximum Gasteiger partial charge on any atom is 0.239 e. The summed E-state index contributed by atoms with van der Waals surface area (Å²) < 4.78 is 0. The van der Waals surface area contributed by atoms with Gasteiger partial charge in [0.25, 0.3) is 0 Å². The number of carbonyl (C=O) groups is 2. The lowest BCUT2D eigenvalue weighted by atomic mass is 10.0. The van der Waals surface area contributed by atoms with Crippen molar-refractivity contribution in [2.24, 2.45) is 5.73 Å². The molecule has 3 N–H and O–H groups in total. The van der Waals surface area contributed by atoms with Crippen molar-refractivity contribution in [3.05, 3.63) is 35.9 Å². The Labute approximate surface area is 132 Å². The van der Waals surface area contributed by atoms with Crippen molar-refractivity contribution in [2.75, 3.05) is 20.1 Å². The molecule has 1 rings (SSSR count). The molecule has 2 amide bonds. The molecular formula is C15H24ClN3O2. The van der Waals surface area contributed by atoms with Crippen molar-refractivity contribution in [2.45, 2.75) is 25.8 Å². The average molecular weight is 314 g/mol. The minimum atomic E-state index is -0.340. The Bertz CT molecular complexity index is 440. The summed E-state index contributed by atoms with van der Waals surface area (Å²) in [6.45, 7) is 2.62. The molecule has 0 saturated carbocycles. The van der Waals surface area contributed by atoms with Crippen LogP contribution in [0, 0.1) is 0 Å². The van der Waals surface area contributed by atoms with Gasteiger partial charge < -0.3 is 16.0 Å². The van der Waals surface area contributed by atoms with Gasteiger partial charge in [0.2, 0.25) is 11.8 Å². The lowest BCUT2D eigenvalue weighted by molar-refractivity contribution is -0.136. The summed E-state index contributed by atoms with van der Waals surface area (Å²) in [6, 6.07) is 9.17. The normalized spacial score (nSPS) is 11.2. The first-order valence-electron chi connectivity index (χ1n) is 6.87. The highest BCUT2D eigenvalue weighted by Gasteiger charge is 2.19. The van der Waals surface area contributed by atoms with E-state index in [0.717, 1.165) is 12.0 Å². The third-order valence-corrected chi connectivity index (χ3v) is 3.08. The molecule has 0 aromatic heterocycles. The zero-order valence-electron chi connectivity index (χ0n) is 12.5. The first-order valence-corrected chi connectivity index (χ1v) is 6.87. The van der Waals surface area contributed by atoms with E-state index in [-0.39, 0.29) is 43.2 Å². The molecule has 1 aromatic rings. The first-order chi connectivity index (χ1) is 9.58. The Morgan fingerprint density at radius 1 is 1.29 bits per heavy atom. The Hall–Kier alpha value is -1.59. The largest absolute Gasteiger partial charge is 0.358 e. The molecule has 0 heterocycles. The molecule has 1 atom stereocenters. The third kappa shape index (κ3) is 6.60. The predicted molar refractivity (Wildman–Crippen MR) is 86.2 cm³/mol. The molecule has 0 radical (unpaired) electrons. The summed E-state index contributed by atoms with van der Waals surface area (Å²) in [5.74, 6) is -0.258. The smallest absolute Gasteiger partial charge is 0.239 e. The number of carbonyl (C=O) groups excluding carboxylic acids is 2. The summed E-state index contributed by atoms with van der Waals surface area (Å²) in [5.41, 5.74) is 6.97. The maximum atomic E-state index is 12.2. The van der Waals surface area contributed by atoms with Crippen LogP contribution in [-0.4, -0.2) is 36.9 Å². The molecule has 0 spiro atoms. The SMILES string of the molecule is CCCN(CC(=O)NC)C(=O)CC(N)c1ccccc1.Cl. The molecular weight excluding hydrogens is 290 g/mol. The summed E-state index contributed by atoms with van der Waals surface area (Å²) >= 11 is 0. The average Bonchev–Trinajstić information content (AvgIpc) is 2.47. The molecule has 118 valence electrons. The fourth-order valence-corrected chi connectivity index (χ4v) is 1.95. The van der Waals surface area contributed by atoms with Gasteiger partial charge >= 0.3 is 0 Å². The van der Waals surface area contributed by atoms with Crippen molar-refractivity contribution in [1.82, 2.24) is 10.2 Å². The van der Waals surface area contributed by atoms with Crippen molar-refractivity contribution in [3.63, 3.8) is 0 Å². The van der Waals surface area contributed by atoms with Crippen LogP contribution in [0.2, 0.25) is 0 Å². The molecule has 5 nitrogen and oxygen atoms in total. The number of rotatable bonds is 7. The van der Waals surface area contributed by atoms with E-state index >= 15 is 0 Å². The van der Waals surface area contributed by atoms with E-state index in [1.807, 2.05) is 37.3 Å². The lowest BCUT2D eigenvalue weighted by Gasteiger charge is -2.23. The van der Waals surface area contributed by atoms with Gasteiger partial charge in [-0.1, -0.05) is 37.3 Å². The van der Waals surface area contributed by atoms with E-state index in [2.05, 4.69) is 5.32 Å². The highest BCUT2D eigenvalue weighted by atomic mass is 35.5. The van der Waals surface area contributed by atoms with Gasteiger partial charge in [-0.25, -0.2) is 0 Å². The molecule has 0 bridgehead atoms. The van der Waals surface area contributed by atoms with Gasteiger partial charge in [-0.3, -0.25) is 9.59 Å². The Morgan fingerprint density at radius 3 is 2.43 bits per heavy atom. The standard InChI is InChI=1S/C15H23N3O2.ClH/c1-3-9-18(11-14(19)17-2)15(20)10-13(16)12-7-5-4-6-8-12;/h4-8,13H,3,9-11,16H2,1-2H3,(H,17,19);1H. The monoisotopic (exact) mass is 313 g/mol. The van der Waals surface area contributed by atoms with E-state index in [1.54, 1.807) is 11.9 Å². The topological polar surface area (TPSA) is 75.4 Å². The van der Waals surface area contributed by atoms with Crippen LogP contribution >= 0.6 is 12.4 Å². The summed E-state index contributed by atoms with van der Waals surface area (Å²) in [7, 11) is 1.56. The Morgan fingerprint density at radius 2 is 1.90 bits per heavy atom. The predicted octanol–water partition coefficient (Wildman–Crippen LogP) is 1.48. The van der Waals surface area contributed by atoms with Gasteiger partial charge in [0.1, 0.15) is 0 Å². The maximum absolute atomic E-state index is 12.2. The second kappa shape index (κ2) is 10.2. The van der Waals surface area contributed by atoms with Crippen LogP contribution in [-0.2, 0) is 9.59 Å². The molecule has 0 aliphatic rings. The quantitative estimate of drug-likeness (QED) is 0.800. The molecule has 1 aromatic carbocycles. The van der Waals surface area contributed by atoms with Crippen molar-refractivity contribution < 1.29 is 9.59 Å². The Kier molecular flexibility index (Phi) is 9.41. The Balaban J connectivity index is 0.00000400. The van der Waals surface area contributed by atoms with Crippen LogP contribution in [0.15, 0.2) is 30.3 Å². The zero-order chi connectivity index (χ0) is 15.0. The minimum absolute atomic E-state index is 0. The third-order valence-electron chi connectivity index (χ3n) is 3.08. The summed E-state index contributed by atoms with van der Waals surface area (Å²) in [5, 5.41) is 2.53. The van der Waals surface area contributed by atoms with Crippen LogP contribution in [0.3, 0.4) is 0 Å². The molecule has 0 aliphatic carbocycles. The fraction of sp³-hybridized carbons (Fsp3) is 0.467. The van der Waals surface area contributed by atoms with E-state index in [0.29, 0.717) is 6.54 Å². The second-order valence-corrected chi connectivity index (χ2v) is 4.71. The first kappa shape index (κ1) is 19.4. The minimum Gasteiger partial charge on any atom is -0.358 e. The van der Waals surface area contributed by atoms with Gasteiger partial charge in [0.05, 0.1) is 6.54 Å². The molecule has 6 heteroatoms. The number of nitrogens with one attached hydrogen (secondary N) is 1. The van der Waals surface area contributed by atoms with E-state index in [9.17, 15) is 9.59 Å². The van der Waals surface area contributed by atoms with Crippen LogP contribution in [0.4, 0.5) is 0 Å². The molecule has 21 heavy (non-hydrogen) atoms. The van der Waals surface area contributed by atoms with Gasteiger partial charge in [-0.15, -0.1) is 12.4 Å². The number of benzene rings is 1. The summed E-state index contributed by atoms with van der Waals surface area (Å²) in [4.78, 5) is 25.2. The van der Waals surface area contributed by atoms with Crippen LogP contribution in [0.25, 0.3) is 0 Å². The van der Waals surface area contributed by atoms with E-state index in [4.69, 9.17) is 5.73 Å². The second-order valence-electron chi connectivity index (χ2n) is 4.71. The highest BCUT2D eigenvalue weighted by molar-refractivity contribution is 5.85. The van der Waals surface area contributed by atoms with Gasteiger partial charge in [-0.2, -0.15) is 0 Å². The number of hydrogen-bond acceptors (Lipinski definition) is 3. The van der Waals surface area contributed by atoms with Crippen LogP contribution < -0.4 is 11.1 Å². The molecule has 1 unspecified atom stereocenters. The van der Waals surface area contributed by atoms with E-state index in [1.165, 1.54) is 0 Å². The number of amides is 2.